The predicted octanol–water partition coefficient (Wildman–Crippen LogP) is 2.45. The zero-order valence-electron chi connectivity index (χ0n) is 7.21. The van der Waals surface area contributed by atoms with Crippen molar-refractivity contribution in [1.29, 1.82) is 0 Å². The lowest BCUT2D eigenvalue weighted by Gasteiger charge is -2.01. The van der Waals surface area contributed by atoms with E-state index in [0.717, 1.165) is 12.8 Å². The molecular formula is C9H16O2. The van der Waals surface area contributed by atoms with E-state index in [4.69, 9.17) is 5.11 Å². The van der Waals surface area contributed by atoms with Gasteiger partial charge in [0.2, 0.25) is 0 Å². The molecular weight excluding hydrogens is 140 g/mol. The Bertz CT molecular complexity index is 138. The van der Waals surface area contributed by atoms with Gasteiger partial charge in [-0.15, -0.1) is 0 Å². The van der Waals surface area contributed by atoms with E-state index < -0.39 is 5.97 Å². The van der Waals surface area contributed by atoms with Gasteiger partial charge in [-0.2, -0.15) is 0 Å². The molecule has 0 aromatic carbocycles. The predicted molar refractivity (Wildman–Crippen MR) is 45.5 cm³/mol. The van der Waals surface area contributed by atoms with Crippen LogP contribution in [-0.4, -0.2) is 11.1 Å². The molecule has 0 radical (unpaired) electrons. The van der Waals surface area contributed by atoms with E-state index in [0.29, 0.717) is 6.42 Å². The maximum atomic E-state index is 10.5. The minimum atomic E-state index is -0.722. The van der Waals surface area contributed by atoms with E-state index >= 15 is 0 Å². The fourth-order valence-electron chi connectivity index (χ4n) is 0.820. The number of aliphatic carboxylic acids is 1. The highest BCUT2D eigenvalue weighted by atomic mass is 16.4. The van der Waals surface area contributed by atoms with Gasteiger partial charge in [-0.3, -0.25) is 4.79 Å². The zero-order chi connectivity index (χ0) is 8.69. The first-order valence-corrected chi connectivity index (χ1v) is 4.11. The number of hydrogen-bond acceptors (Lipinski definition) is 1. The maximum Gasteiger partial charge on any atom is 0.310 e. The summed E-state index contributed by atoms with van der Waals surface area (Å²) < 4.78 is 0. The molecule has 0 amide bonds. The van der Waals surface area contributed by atoms with Crippen molar-refractivity contribution in [3.05, 3.63) is 12.2 Å². The molecule has 0 aromatic rings. The molecule has 0 rings (SSSR count). The largest absolute Gasteiger partial charge is 0.481 e. The third kappa shape index (κ3) is 4.59. The highest BCUT2D eigenvalue weighted by Crippen LogP contribution is 2.05. The lowest BCUT2D eigenvalue weighted by Crippen LogP contribution is -2.08. The lowest BCUT2D eigenvalue weighted by molar-refractivity contribution is -0.140. The molecule has 0 spiro atoms. The van der Waals surface area contributed by atoms with E-state index in [1.165, 1.54) is 0 Å². The van der Waals surface area contributed by atoms with E-state index in [9.17, 15) is 4.79 Å². The van der Waals surface area contributed by atoms with Gasteiger partial charge in [0.25, 0.3) is 0 Å². The summed E-state index contributed by atoms with van der Waals surface area (Å²) in [5.41, 5.74) is 0. The number of hydrogen-bond donors (Lipinski definition) is 1. The molecule has 1 N–H and O–H groups in total. The SMILES string of the molecule is CCC/C=C\C(CC)C(=O)O. The van der Waals surface area contributed by atoms with Gasteiger partial charge >= 0.3 is 5.97 Å². The van der Waals surface area contributed by atoms with Crippen molar-refractivity contribution in [1.82, 2.24) is 0 Å². The monoisotopic (exact) mass is 156 g/mol. The quantitative estimate of drug-likeness (QED) is 0.621. The first-order valence-electron chi connectivity index (χ1n) is 4.11. The summed E-state index contributed by atoms with van der Waals surface area (Å²) in [5, 5.41) is 8.62. The molecule has 0 bridgehead atoms. The summed E-state index contributed by atoms with van der Waals surface area (Å²) in [5.74, 6) is -1.01. The van der Waals surface area contributed by atoms with Crippen molar-refractivity contribution in [3.8, 4) is 0 Å². The summed E-state index contributed by atoms with van der Waals surface area (Å²) in [7, 11) is 0. The Balaban J connectivity index is 3.77. The average molecular weight is 156 g/mol. The summed E-state index contributed by atoms with van der Waals surface area (Å²) in [6, 6.07) is 0. The van der Waals surface area contributed by atoms with Crippen LogP contribution in [-0.2, 0) is 4.79 Å². The van der Waals surface area contributed by atoms with Gasteiger partial charge in [0.15, 0.2) is 0 Å². The van der Waals surface area contributed by atoms with Gasteiger partial charge in [0, 0.05) is 0 Å². The van der Waals surface area contributed by atoms with Crippen molar-refractivity contribution in [3.63, 3.8) is 0 Å². The molecule has 64 valence electrons. The Morgan fingerprint density at radius 2 is 2.18 bits per heavy atom. The molecule has 11 heavy (non-hydrogen) atoms. The first-order chi connectivity index (χ1) is 5.22. The van der Waals surface area contributed by atoms with E-state index in [1.807, 2.05) is 13.0 Å². The normalized spacial score (nSPS) is 13.6. The third-order valence-electron chi connectivity index (χ3n) is 1.58. The number of unbranched alkanes of at least 4 members (excludes halogenated alkanes) is 1. The molecule has 0 aliphatic heterocycles. The van der Waals surface area contributed by atoms with Gasteiger partial charge in [0.1, 0.15) is 0 Å². The van der Waals surface area contributed by atoms with Crippen LogP contribution in [0.1, 0.15) is 33.1 Å². The van der Waals surface area contributed by atoms with Crippen molar-refractivity contribution in [2.45, 2.75) is 33.1 Å². The smallest absolute Gasteiger partial charge is 0.310 e. The van der Waals surface area contributed by atoms with E-state index in [-0.39, 0.29) is 5.92 Å². The second-order valence-corrected chi connectivity index (χ2v) is 2.57. The number of allylic oxidation sites excluding steroid dienone is 1. The summed E-state index contributed by atoms with van der Waals surface area (Å²) in [6.07, 6.45) is 6.46. The molecule has 0 aromatic heterocycles. The van der Waals surface area contributed by atoms with Gasteiger partial charge in [-0.05, 0) is 12.8 Å². The standard InChI is InChI=1S/C9H16O2/c1-3-5-6-7-8(4-2)9(10)11/h6-8H,3-5H2,1-2H3,(H,10,11)/b7-6-. The molecule has 1 atom stereocenters. The van der Waals surface area contributed by atoms with Gasteiger partial charge < -0.3 is 5.11 Å². The molecule has 0 saturated heterocycles. The lowest BCUT2D eigenvalue weighted by atomic mass is 10.1. The molecule has 0 fully saturated rings. The Morgan fingerprint density at radius 1 is 1.55 bits per heavy atom. The van der Waals surface area contributed by atoms with Crippen LogP contribution in [0, 0.1) is 5.92 Å². The first kappa shape index (κ1) is 10.2. The average Bonchev–Trinajstić information content (AvgIpc) is 1.97. The van der Waals surface area contributed by atoms with Gasteiger partial charge in [-0.1, -0.05) is 32.4 Å². The number of carbonyl (C=O) groups is 1. The van der Waals surface area contributed by atoms with Gasteiger partial charge in [-0.25, -0.2) is 0 Å². The molecule has 2 heteroatoms. The molecule has 0 aliphatic rings. The second-order valence-electron chi connectivity index (χ2n) is 2.57. The van der Waals surface area contributed by atoms with Crippen molar-refractivity contribution < 1.29 is 9.90 Å². The number of carboxylic acid groups (broad SMARTS) is 1. The fraction of sp³-hybridized carbons (Fsp3) is 0.667. The minimum Gasteiger partial charge on any atom is -0.481 e. The third-order valence-corrected chi connectivity index (χ3v) is 1.58. The van der Waals surface area contributed by atoms with Crippen LogP contribution in [0.4, 0.5) is 0 Å². The Morgan fingerprint density at radius 3 is 2.55 bits per heavy atom. The second kappa shape index (κ2) is 5.96. The summed E-state index contributed by atoms with van der Waals surface area (Å²) >= 11 is 0. The van der Waals surface area contributed by atoms with Crippen LogP contribution in [0.2, 0.25) is 0 Å². The van der Waals surface area contributed by atoms with Crippen LogP contribution in [0.3, 0.4) is 0 Å². The van der Waals surface area contributed by atoms with Crippen LogP contribution in [0.25, 0.3) is 0 Å². The Kier molecular flexibility index (Phi) is 5.53. The molecule has 0 saturated carbocycles. The van der Waals surface area contributed by atoms with Crippen LogP contribution in [0.5, 0.6) is 0 Å². The maximum absolute atomic E-state index is 10.5. The van der Waals surface area contributed by atoms with E-state index in [1.54, 1.807) is 6.08 Å². The molecule has 1 unspecified atom stereocenters. The Hall–Kier alpha value is -0.790. The highest BCUT2D eigenvalue weighted by Gasteiger charge is 2.09. The molecule has 2 nitrogen and oxygen atoms in total. The van der Waals surface area contributed by atoms with Crippen LogP contribution >= 0.6 is 0 Å². The number of carboxylic acids is 1. The minimum absolute atomic E-state index is 0.290. The number of rotatable bonds is 5. The van der Waals surface area contributed by atoms with Crippen molar-refractivity contribution >= 4 is 5.97 Å². The highest BCUT2D eigenvalue weighted by molar-refractivity contribution is 5.71. The van der Waals surface area contributed by atoms with Crippen LogP contribution < -0.4 is 0 Å². The molecule has 0 heterocycles. The van der Waals surface area contributed by atoms with Crippen molar-refractivity contribution in [2.75, 3.05) is 0 Å². The Labute approximate surface area is 67.9 Å². The fourth-order valence-corrected chi connectivity index (χ4v) is 0.820. The topological polar surface area (TPSA) is 37.3 Å². The molecule has 0 aliphatic carbocycles. The van der Waals surface area contributed by atoms with Crippen LogP contribution in [0.15, 0.2) is 12.2 Å². The summed E-state index contributed by atoms with van der Waals surface area (Å²) in [4.78, 5) is 10.5. The van der Waals surface area contributed by atoms with E-state index in [2.05, 4.69) is 6.92 Å². The van der Waals surface area contributed by atoms with Crippen molar-refractivity contribution in [2.24, 2.45) is 5.92 Å². The van der Waals surface area contributed by atoms with Gasteiger partial charge in [0.05, 0.1) is 5.92 Å². The zero-order valence-corrected chi connectivity index (χ0v) is 7.21. The summed E-state index contributed by atoms with van der Waals surface area (Å²) in [6.45, 7) is 3.96.